The second kappa shape index (κ2) is 7.43. The molecule has 0 aliphatic carbocycles. The Morgan fingerprint density at radius 2 is 2.33 bits per heavy atom. The molecular formula is C13H18N4O. The molecule has 3 N–H and O–H groups in total. The zero-order chi connectivity index (χ0) is 13.4. The largest absolute Gasteiger partial charge is 0.298 e. The van der Waals surface area contributed by atoms with E-state index in [0.29, 0.717) is 12.0 Å². The van der Waals surface area contributed by atoms with Crippen LogP contribution in [0.4, 0.5) is 0 Å². The molecule has 0 aromatic heterocycles. The van der Waals surface area contributed by atoms with Crippen molar-refractivity contribution in [2.45, 2.75) is 19.9 Å². The van der Waals surface area contributed by atoms with Crippen molar-refractivity contribution in [2.24, 2.45) is 5.84 Å². The fourth-order valence-electron chi connectivity index (χ4n) is 1.71. The average molecular weight is 246 g/mol. The fourth-order valence-corrected chi connectivity index (χ4v) is 1.71. The second-order valence-corrected chi connectivity index (χ2v) is 3.95. The molecule has 96 valence electrons. The third kappa shape index (κ3) is 4.17. The molecule has 0 radical (unpaired) electrons. The van der Waals surface area contributed by atoms with Gasteiger partial charge in [0, 0.05) is 25.1 Å². The van der Waals surface area contributed by atoms with Crippen LogP contribution in [-0.2, 0) is 6.54 Å². The first-order valence-corrected chi connectivity index (χ1v) is 5.90. The number of carbonyl (C=O) groups excluding carboxylic acids is 1. The van der Waals surface area contributed by atoms with Crippen molar-refractivity contribution in [3.05, 3.63) is 35.4 Å². The van der Waals surface area contributed by atoms with E-state index in [0.717, 1.165) is 25.2 Å². The fraction of sp³-hybridized carbons (Fsp3) is 0.385. The number of nitrogens with zero attached hydrogens (tertiary/aromatic N) is 2. The van der Waals surface area contributed by atoms with Gasteiger partial charge in [0.05, 0.1) is 6.07 Å². The number of carbonyl (C=O) groups is 1. The Morgan fingerprint density at radius 1 is 1.56 bits per heavy atom. The topological polar surface area (TPSA) is 82.2 Å². The maximum absolute atomic E-state index is 11.4. The summed E-state index contributed by atoms with van der Waals surface area (Å²) in [7, 11) is 0. The highest BCUT2D eigenvalue weighted by Gasteiger charge is 2.07. The minimum Gasteiger partial charge on any atom is -0.298 e. The quantitative estimate of drug-likeness (QED) is 0.446. The number of nitriles is 1. The highest BCUT2D eigenvalue weighted by atomic mass is 16.2. The molecule has 0 heterocycles. The van der Waals surface area contributed by atoms with Crippen LogP contribution in [0.5, 0.6) is 0 Å². The van der Waals surface area contributed by atoms with E-state index in [-0.39, 0.29) is 5.91 Å². The normalized spacial score (nSPS) is 10.1. The van der Waals surface area contributed by atoms with Gasteiger partial charge in [-0.2, -0.15) is 5.26 Å². The first kappa shape index (κ1) is 14.2. The highest BCUT2D eigenvalue weighted by Crippen LogP contribution is 2.08. The summed E-state index contributed by atoms with van der Waals surface area (Å²) in [5, 5.41) is 8.58. The SMILES string of the molecule is CCN(CCC#N)Cc1cccc(C(=O)NN)c1. The van der Waals surface area contributed by atoms with E-state index in [1.54, 1.807) is 6.07 Å². The van der Waals surface area contributed by atoms with E-state index in [9.17, 15) is 4.79 Å². The molecule has 0 saturated carbocycles. The van der Waals surface area contributed by atoms with Crippen molar-refractivity contribution < 1.29 is 4.79 Å². The lowest BCUT2D eigenvalue weighted by molar-refractivity contribution is 0.0953. The number of nitrogens with two attached hydrogens (primary N) is 1. The van der Waals surface area contributed by atoms with Crippen molar-refractivity contribution in [2.75, 3.05) is 13.1 Å². The van der Waals surface area contributed by atoms with Gasteiger partial charge in [0.2, 0.25) is 0 Å². The maximum Gasteiger partial charge on any atom is 0.265 e. The minimum atomic E-state index is -0.295. The Hall–Kier alpha value is -1.90. The highest BCUT2D eigenvalue weighted by molar-refractivity contribution is 5.93. The van der Waals surface area contributed by atoms with Crippen LogP contribution in [0, 0.1) is 11.3 Å². The molecule has 0 aliphatic rings. The van der Waals surface area contributed by atoms with Crippen molar-refractivity contribution in [1.29, 1.82) is 5.26 Å². The summed E-state index contributed by atoms with van der Waals surface area (Å²) in [6.45, 7) is 4.38. The Bertz CT molecular complexity index is 439. The molecular weight excluding hydrogens is 228 g/mol. The van der Waals surface area contributed by atoms with Crippen LogP contribution in [0.1, 0.15) is 29.3 Å². The number of benzene rings is 1. The van der Waals surface area contributed by atoms with Crippen LogP contribution in [0.25, 0.3) is 0 Å². The van der Waals surface area contributed by atoms with Gasteiger partial charge in [-0.3, -0.25) is 15.1 Å². The molecule has 5 nitrogen and oxygen atoms in total. The van der Waals surface area contributed by atoms with E-state index < -0.39 is 0 Å². The number of nitrogens with one attached hydrogen (secondary N) is 1. The van der Waals surface area contributed by atoms with Crippen LogP contribution in [0.15, 0.2) is 24.3 Å². The smallest absolute Gasteiger partial charge is 0.265 e. The maximum atomic E-state index is 11.4. The van der Waals surface area contributed by atoms with Gasteiger partial charge in [-0.1, -0.05) is 19.1 Å². The summed E-state index contributed by atoms with van der Waals surface area (Å²) in [4.78, 5) is 13.6. The molecule has 0 saturated heterocycles. The number of hydrazine groups is 1. The van der Waals surface area contributed by atoms with Gasteiger partial charge < -0.3 is 0 Å². The Labute approximate surface area is 107 Å². The van der Waals surface area contributed by atoms with Crippen LogP contribution < -0.4 is 11.3 Å². The van der Waals surface area contributed by atoms with Crippen molar-refractivity contribution in [3.63, 3.8) is 0 Å². The second-order valence-electron chi connectivity index (χ2n) is 3.95. The lowest BCUT2D eigenvalue weighted by atomic mass is 10.1. The number of amides is 1. The van der Waals surface area contributed by atoms with E-state index in [1.807, 2.05) is 25.1 Å². The summed E-state index contributed by atoms with van der Waals surface area (Å²) in [5.74, 6) is 4.81. The number of rotatable bonds is 6. The summed E-state index contributed by atoms with van der Waals surface area (Å²) in [6, 6.07) is 9.46. The molecule has 1 amide bonds. The first-order chi connectivity index (χ1) is 8.71. The number of nitrogen functional groups attached to an aromatic ring is 1. The number of hydrogen-bond donors (Lipinski definition) is 2. The average Bonchev–Trinajstić information content (AvgIpc) is 2.42. The molecule has 0 fully saturated rings. The molecule has 1 aromatic carbocycles. The molecule has 5 heteroatoms. The van der Waals surface area contributed by atoms with Gasteiger partial charge >= 0.3 is 0 Å². The molecule has 1 aromatic rings. The molecule has 0 unspecified atom stereocenters. The van der Waals surface area contributed by atoms with Gasteiger partial charge in [-0.25, -0.2) is 5.84 Å². The third-order valence-electron chi connectivity index (χ3n) is 2.71. The van der Waals surface area contributed by atoms with Crippen molar-refractivity contribution in [3.8, 4) is 6.07 Å². The van der Waals surface area contributed by atoms with Gasteiger partial charge in [-0.05, 0) is 24.2 Å². The van der Waals surface area contributed by atoms with Crippen molar-refractivity contribution in [1.82, 2.24) is 10.3 Å². The van der Waals surface area contributed by atoms with E-state index in [4.69, 9.17) is 11.1 Å². The summed E-state index contributed by atoms with van der Waals surface area (Å²) in [6.07, 6.45) is 0.511. The molecule has 1 rings (SSSR count). The standard InChI is InChI=1S/C13H18N4O/c1-2-17(8-4-7-14)10-11-5-3-6-12(9-11)13(18)16-15/h3,5-6,9H,2,4,8,10,15H2,1H3,(H,16,18). The zero-order valence-corrected chi connectivity index (χ0v) is 10.5. The van der Waals surface area contributed by atoms with Crippen LogP contribution in [-0.4, -0.2) is 23.9 Å². The van der Waals surface area contributed by atoms with E-state index in [2.05, 4.69) is 16.4 Å². The van der Waals surface area contributed by atoms with Crippen LogP contribution in [0.3, 0.4) is 0 Å². The van der Waals surface area contributed by atoms with Crippen molar-refractivity contribution >= 4 is 5.91 Å². The molecule has 18 heavy (non-hydrogen) atoms. The van der Waals surface area contributed by atoms with Gasteiger partial charge in [0.1, 0.15) is 0 Å². The van der Waals surface area contributed by atoms with Crippen LogP contribution in [0.2, 0.25) is 0 Å². The molecule has 0 spiro atoms. The minimum absolute atomic E-state index is 0.295. The van der Waals surface area contributed by atoms with E-state index >= 15 is 0 Å². The Kier molecular flexibility index (Phi) is 5.85. The summed E-state index contributed by atoms with van der Waals surface area (Å²) >= 11 is 0. The lowest BCUT2D eigenvalue weighted by Crippen LogP contribution is -2.30. The third-order valence-corrected chi connectivity index (χ3v) is 2.71. The molecule has 0 atom stereocenters. The summed E-state index contributed by atoms with van der Waals surface area (Å²) < 4.78 is 0. The van der Waals surface area contributed by atoms with Gasteiger partial charge in [0.25, 0.3) is 5.91 Å². The summed E-state index contributed by atoms with van der Waals surface area (Å²) in [5.41, 5.74) is 3.70. The first-order valence-electron chi connectivity index (χ1n) is 5.90. The van der Waals surface area contributed by atoms with E-state index in [1.165, 1.54) is 0 Å². The molecule has 0 aliphatic heterocycles. The van der Waals surface area contributed by atoms with Gasteiger partial charge in [-0.15, -0.1) is 0 Å². The predicted molar refractivity (Wildman–Crippen MR) is 69.3 cm³/mol. The Morgan fingerprint density at radius 3 is 2.94 bits per heavy atom. The zero-order valence-electron chi connectivity index (χ0n) is 10.5. The Balaban J connectivity index is 2.71. The molecule has 0 bridgehead atoms. The van der Waals surface area contributed by atoms with Crippen LogP contribution >= 0.6 is 0 Å². The van der Waals surface area contributed by atoms with Gasteiger partial charge in [0.15, 0.2) is 0 Å². The predicted octanol–water partition coefficient (Wildman–Crippen LogP) is 1.03. The number of hydrogen-bond acceptors (Lipinski definition) is 4. The lowest BCUT2D eigenvalue weighted by Gasteiger charge is -2.19. The monoisotopic (exact) mass is 246 g/mol.